The number of hydrogen-bond acceptors (Lipinski definition) is 10. The van der Waals surface area contributed by atoms with E-state index in [1.807, 2.05) is 75.1 Å². The zero-order valence-electron chi connectivity index (χ0n) is 28.5. The van der Waals surface area contributed by atoms with Gasteiger partial charge >= 0.3 is 5.82 Å². The van der Waals surface area contributed by atoms with Gasteiger partial charge in [-0.2, -0.15) is 8.42 Å². The highest BCUT2D eigenvalue weighted by atomic mass is 32.2. The summed E-state index contributed by atoms with van der Waals surface area (Å²) in [6.45, 7) is 9.01. The van der Waals surface area contributed by atoms with Gasteiger partial charge < -0.3 is 15.2 Å². The average molecular weight is 714 g/mol. The SMILES string of the molecule is CON(C)C(=O)c1cc2c([n+](CCCS(=O)(=O)[O-])c1)N=C(/C=C/C=C/C=C/C=C1/N(CCN)c3ccc(S(=O)(=O)O)cc3C1(C)C)C2(C)C. The molecule has 2 aliphatic rings. The number of rotatable bonds is 13. The fourth-order valence-corrected chi connectivity index (χ4v) is 6.99. The molecule has 0 unspecified atom stereocenters. The van der Waals surface area contributed by atoms with Crippen LogP contribution in [0.2, 0.25) is 0 Å². The van der Waals surface area contributed by atoms with Gasteiger partial charge in [0, 0.05) is 42.7 Å². The third-order valence-corrected chi connectivity index (χ3v) is 10.4. The Labute approximate surface area is 288 Å². The smallest absolute Gasteiger partial charge is 0.327 e. The molecule has 2 aromatic rings. The number of aromatic nitrogens is 1. The molecule has 0 saturated carbocycles. The molecule has 0 radical (unpaired) electrons. The topological polar surface area (TPSA) is 187 Å². The standard InChI is InChI=1S/C34H43N5O8S2/c1-33(2)27-21-24(32(40)37(5)47-6)23-38(18-12-20-48(41,42)43)31(27)36-29(33)13-10-8-7-9-11-14-30-34(3,4)26-22-25(49(44,45)46)15-16-28(26)39(30)19-17-35/h7-11,13-16,21-23H,12,17-20,35H2,1-6H3,(H-,41,42,43,44,45,46). The molecule has 1 amide bonds. The first-order valence-corrected chi connectivity index (χ1v) is 18.6. The van der Waals surface area contributed by atoms with E-state index in [1.165, 1.54) is 26.3 Å². The van der Waals surface area contributed by atoms with Gasteiger partial charge in [-0.15, -0.1) is 0 Å². The lowest BCUT2D eigenvalue weighted by molar-refractivity contribution is -0.684. The van der Waals surface area contributed by atoms with Crippen LogP contribution in [-0.2, 0) is 42.4 Å². The molecule has 1 aromatic heterocycles. The number of aryl methyl sites for hydroxylation is 1. The molecule has 0 saturated heterocycles. The van der Waals surface area contributed by atoms with Crippen molar-refractivity contribution in [1.29, 1.82) is 0 Å². The van der Waals surface area contributed by atoms with E-state index < -0.39 is 36.8 Å². The second kappa shape index (κ2) is 14.5. The van der Waals surface area contributed by atoms with E-state index in [0.717, 1.165) is 33.3 Å². The molecule has 0 bridgehead atoms. The summed E-state index contributed by atoms with van der Waals surface area (Å²) < 4.78 is 68.5. The van der Waals surface area contributed by atoms with Gasteiger partial charge in [-0.05, 0) is 67.2 Å². The Kier molecular flexibility index (Phi) is 11.2. The van der Waals surface area contributed by atoms with E-state index in [0.29, 0.717) is 24.5 Å². The Hall–Kier alpha value is -3.99. The molecule has 15 heteroatoms. The lowest BCUT2D eigenvalue weighted by Crippen LogP contribution is -2.38. The van der Waals surface area contributed by atoms with Gasteiger partial charge in [0.05, 0.1) is 45.2 Å². The van der Waals surface area contributed by atoms with Crippen LogP contribution in [0.25, 0.3) is 0 Å². The molecule has 0 aliphatic carbocycles. The summed E-state index contributed by atoms with van der Waals surface area (Å²) in [6.07, 6.45) is 14.7. The van der Waals surface area contributed by atoms with E-state index in [1.54, 1.807) is 22.9 Å². The maximum absolute atomic E-state index is 13.0. The number of allylic oxidation sites excluding steroid dienone is 8. The van der Waals surface area contributed by atoms with E-state index >= 15 is 0 Å². The van der Waals surface area contributed by atoms with Gasteiger partial charge in [0.15, 0.2) is 5.71 Å². The number of carbonyl (C=O) groups is 1. The van der Waals surface area contributed by atoms with Crippen molar-refractivity contribution in [3.63, 3.8) is 0 Å². The minimum absolute atomic E-state index is 0.0614. The summed E-state index contributed by atoms with van der Waals surface area (Å²) in [5.41, 5.74) is 9.11. The van der Waals surface area contributed by atoms with Crippen molar-refractivity contribution in [2.24, 2.45) is 10.7 Å². The highest BCUT2D eigenvalue weighted by Crippen LogP contribution is 2.48. The second-order valence-corrected chi connectivity index (χ2v) is 15.7. The third kappa shape index (κ3) is 8.25. The van der Waals surface area contributed by atoms with E-state index in [4.69, 9.17) is 15.6 Å². The number of aliphatic imine (C=N–C) groups is 1. The maximum atomic E-state index is 13.0. The minimum Gasteiger partial charge on any atom is -0.748 e. The summed E-state index contributed by atoms with van der Waals surface area (Å²) >= 11 is 0. The molecule has 264 valence electrons. The van der Waals surface area contributed by atoms with Gasteiger partial charge in [0.25, 0.3) is 16.0 Å². The number of pyridine rings is 1. The van der Waals surface area contributed by atoms with Gasteiger partial charge in [-0.1, -0.05) is 44.2 Å². The van der Waals surface area contributed by atoms with Crippen LogP contribution in [0.1, 0.15) is 55.6 Å². The van der Waals surface area contributed by atoms with E-state index in [9.17, 15) is 30.7 Å². The number of hydrogen-bond donors (Lipinski definition) is 2. The number of hydroxylamine groups is 2. The van der Waals surface area contributed by atoms with Gasteiger partial charge in [0.1, 0.15) is 6.20 Å². The molecule has 0 atom stereocenters. The van der Waals surface area contributed by atoms with Gasteiger partial charge in [-0.25, -0.2) is 18.0 Å². The maximum Gasteiger partial charge on any atom is 0.327 e. The summed E-state index contributed by atoms with van der Waals surface area (Å²) in [4.78, 5) is 24.7. The number of amides is 1. The van der Waals surface area contributed by atoms with Crippen molar-refractivity contribution in [1.82, 2.24) is 5.06 Å². The molecule has 3 heterocycles. The molecule has 2 aliphatic heterocycles. The van der Waals surface area contributed by atoms with Crippen LogP contribution < -0.4 is 15.2 Å². The monoisotopic (exact) mass is 713 g/mol. The van der Waals surface area contributed by atoms with Crippen LogP contribution in [0.5, 0.6) is 0 Å². The van der Waals surface area contributed by atoms with Gasteiger partial charge in [0.2, 0.25) is 0 Å². The first kappa shape index (κ1) is 37.8. The second-order valence-electron chi connectivity index (χ2n) is 12.8. The summed E-state index contributed by atoms with van der Waals surface area (Å²) in [6, 6.07) is 6.33. The van der Waals surface area contributed by atoms with Crippen molar-refractivity contribution < 1.29 is 40.1 Å². The van der Waals surface area contributed by atoms with Crippen LogP contribution in [0.4, 0.5) is 11.5 Å². The quantitative estimate of drug-likeness (QED) is 0.135. The Balaban J connectivity index is 1.56. The number of nitrogens with two attached hydrogens (primary N) is 1. The Morgan fingerprint density at radius 1 is 1.06 bits per heavy atom. The zero-order valence-corrected chi connectivity index (χ0v) is 30.1. The fraction of sp³-hybridized carbons (Fsp3) is 0.382. The van der Waals surface area contributed by atoms with Crippen LogP contribution >= 0.6 is 0 Å². The van der Waals surface area contributed by atoms with Crippen molar-refractivity contribution in [3.8, 4) is 0 Å². The number of anilines is 1. The van der Waals surface area contributed by atoms with Crippen molar-refractivity contribution in [3.05, 3.63) is 95.4 Å². The molecule has 3 N–H and O–H groups in total. The Bertz CT molecular complexity index is 2000. The number of carbonyl (C=O) groups excluding carboxylic acids is 1. The van der Waals surface area contributed by atoms with Gasteiger partial charge in [-0.3, -0.25) is 14.2 Å². The highest BCUT2D eigenvalue weighted by molar-refractivity contribution is 7.86. The first-order valence-electron chi connectivity index (χ1n) is 15.6. The molecule has 49 heavy (non-hydrogen) atoms. The molecule has 4 rings (SSSR count). The molecule has 1 aromatic carbocycles. The highest BCUT2D eigenvalue weighted by Gasteiger charge is 2.43. The number of fused-ring (bicyclic) bond motifs is 2. The largest absolute Gasteiger partial charge is 0.748 e. The minimum atomic E-state index is -4.40. The zero-order chi connectivity index (χ0) is 36.4. The average Bonchev–Trinajstić information content (AvgIpc) is 3.39. The predicted octanol–water partition coefficient (Wildman–Crippen LogP) is 3.46. The number of benzene rings is 1. The van der Waals surface area contributed by atoms with E-state index in [2.05, 4.69) is 0 Å². The Morgan fingerprint density at radius 3 is 2.37 bits per heavy atom. The molecular formula is C34H43N5O8S2. The number of nitrogens with zero attached hydrogens (tertiary/aromatic N) is 4. The summed E-state index contributed by atoms with van der Waals surface area (Å²) in [7, 11) is -5.89. The van der Waals surface area contributed by atoms with Crippen LogP contribution in [-0.4, -0.2) is 75.6 Å². The molecular weight excluding hydrogens is 671 g/mol. The first-order chi connectivity index (χ1) is 22.8. The lowest BCUT2D eigenvalue weighted by Gasteiger charge is -2.26. The van der Waals surface area contributed by atoms with Crippen molar-refractivity contribution in [2.45, 2.75) is 56.4 Å². The molecule has 0 fully saturated rings. The molecule has 0 spiro atoms. The molecule has 13 nitrogen and oxygen atoms in total. The fourth-order valence-electron chi connectivity index (χ4n) is 6.00. The third-order valence-electron chi connectivity index (χ3n) is 8.71. The van der Waals surface area contributed by atoms with Crippen molar-refractivity contribution >= 4 is 43.4 Å². The lowest BCUT2D eigenvalue weighted by atomic mass is 9.81. The van der Waals surface area contributed by atoms with Crippen LogP contribution in [0.3, 0.4) is 0 Å². The van der Waals surface area contributed by atoms with Crippen molar-refractivity contribution in [2.75, 3.05) is 37.9 Å². The van der Waals surface area contributed by atoms with Crippen LogP contribution in [0.15, 0.2) is 88.6 Å². The normalized spacial score (nSPS) is 17.8. The van der Waals surface area contributed by atoms with E-state index in [-0.39, 0.29) is 23.8 Å². The summed E-state index contributed by atoms with van der Waals surface area (Å²) in [5, 5.41) is 1.09. The predicted molar refractivity (Wildman–Crippen MR) is 186 cm³/mol. The Morgan fingerprint density at radius 2 is 1.73 bits per heavy atom. The summed E-state index contributed by atoms with van der Waals surface area (Å²) in [5.74, 6) is -0.352. The van der Waals surface area contributed by atoms with Crippen LogP contribution in [0, 0.1) is 0 Å².